The molecule has 3 aromatic rings. The van der Waals surface area contributed by atoms with E-state index in [1.54, 1.807) is 0 Å². The Hall–Kier alpha value is -3.03. The van der Waals surface area contributed by atoms with Crippen LogP contribution in [0, 0.1) is 18.8 Å². The van der Waals surface area contributed by atoms with E-state index in [-0.39, 0.29) is 12.5 Å². The summed E-state index contributed by atoms with van der Waals surface area (Å²) in [5.41, 5.74) is 6.87. The number of fused-ring (bicyclic) bond motifs is 3. The topological polar surface area (TPSA) is 38.3 Å². The molecule has 0 heterocycles. The predicted molar refractivity (Wildman–Crippen MR) is 119 cm³/mol. The first-order valence-electron chi connectivity index (χ1n) is 9.47. The second-order valence-corrected chi connectivity index (χ2v) is 7.86. The first-order valence-corrected chi connectivity index (χ1v) is 10.3. The summed E-state index contributed by atoms with van der Waals surface area (Å²) in [5, 5.41) is 2.71. The standard InChI is InChI=1S/C25H20BrNO2/c1-17-12-13-19(26)15-18(17)7-6-14-27-25(28)29-16-24-22-10-4-2-8-20(22)21-9-3-5-11-23(21)24/h2-5,8-13,15,24H,14,16H2,1H3,(H,27,28). The van der Waals surface area contributed by atoms with Gasteiger partial charge < -0.3 is 10.1 Å². The summed E-state index contributed by atoms with van der Waals surface area (Å²) in [6, 6.07) is 22.5. The van der Waals surface area contributed by atoms with Crippen LogP contribution in [0.2, 0.25) is 0 Å². The number of benzene rings is 3. The van der Waals surface area contributed by atoms with E-state index in [0.717, 1.165) is 15.6 Å². The number of hydrogen-bond donors (Lipinski definition) is 1. The lowest BCUT2D eigenvalue weighted by molar-refractivity contribution is 0.144. The average molecular weight is 446 g/mol. The van der Waals surface area contributed by atoms with E-state index in [9.17, 15) is 4.79 Å². The molecule has 144 valence electrons. The van der Waals surface area contributed by atoms with Crippen LogP contribution >= 0.6 is 15.9 Å². The maximum Gasteiger partial charge on any atom is 0.407 e. The highest BCUT2D eigenvalue weighted by atomic mass is 79.9. The minimum absolute atomic E-state index is 0.0588. The fourth-order valence-electron chi connectivity index (χ4n) is 3.63. The number of nitrogens with one attached hydrogen (secondary N) is 1. The third-order valence-corrected chi connectivity index (χ3v) is 5.58. The minimum atomic E-state index is -0.452. The number of aryl methyl sites for hydroxylation is 1. The number of carbonyl (C=O) groups excluding carboxylic acids is 1. The van der Waals surface area contributed by atoms with E-state index in [1.807, 2.05) is 49.4 Å². The zero-order valence-corrected chi connectivity index (χ0v) is 17.6. The summed E-state index contributed by atoms with van der Waals surface area (Å²) in [6.45, 7) is 2.55. The number of amides is 1. The van der Waals surface area contributed by atoms with Crippen LogP contribution in [0.4, 0.5) is 4.79 Å². The van der Waals surface area contributed by atoms with Crippen LogP contribution in [-0.2, 0) is 4.74 Å². The highest BCUT2D eigenvalue weighted by Crippen LogP contribution is 2.44. The number of hydrogen-bond acceptors (Lipinski definition) is 2. The van der Waals surface area contributed by atoms with Gasteiger partial charge in [0.15, 0.2) is 0 Å². The molecule has 1 aliphatic rings. The van der Waals surface area contributed by atoms with Crippen LogP contribution in [0.25, 0.3) is 11.1 Å². The second kappa shape index (κ2) is 8.55. The molecule has 0 bridgehead atoms. The smallest absolute Gasteiger partial charge is 0.407 e. The van der Waals surface area contributed by atoms with Crippen LogP contribution < -0.4 is 5.32 Å². The van der Waals surface area contributed by atoms with Gasteiger partial charge in [0.25, 0.3) is 0 Å². The van der Waals surface area contributed by atoms with Crippen molar-refractivity contribution in [1.29, 1.82) is 0 Å². The quantitative estimate of drug-likeness (QED) is 0.529. The van der Waals surface area contributed by atoms with Crippen LogP contribution in [0.15, 0.2) is 71.2 Å². The van der Waals surface area contributed by atoms with Crippen molar-refractivity contribution in [2.45, 2.75) is 12.8 Å². The number of alkyl carbamates (subject to hydrolysis) is 1. The van der Waals surface area contributed by atoms with Crippen LogP contribution in [0.3, 0.4) is 0 Å². The molecule has 0 fully saturated rings. The molecule has 0 saturated heterocycles. The first-order chi connectivity index (χ1) is 14.1. The Morgan fingerprint density at radius 3 is 2.38 bits per heavy atom. The largest absolute Gasteiger partial charge is 0.449 e. The van der Waals surface area contributed by atoms with Crippen LogP contribution in [-0.4, -0.2) is 19.2 Å². The average Bonchev–Trinajstić information content (AvgIpc) is 3.06. The Morgan fingerprint density at radius 1 is 1.03 bits per heavy atom. The Kier molecular flexibility index (Phi) is 5.69. The van der Waals surface area contributed by atoms with Crippen molar-refractivity contribution in [3.8, 4) is 23.0 Å². The van der Waals surface area contributed by atoms with Crippen molar-refractivity contribution in [1.82, 2.24) is 5.32 Å². The number of halogens is 1. The molecule has 3 nitrogen and oxygen atoms in total. The highest BCUT2D eigenvalue weighted by molar-refractivity contribution is 9.10. The molecule has 0 saturated carbocycles. The van der Waals surface area contributed by atoms with Gasteiger partial charge in [-0.25, -0.2) is 4.79 Å². The zero-order valence-electron chi connectivity index (χ0n) is 16.0. The molecule has 0 aromatic heterocycles. The lowest BCUT2D eigenvalue weighted by Gasteiger charge is -2.14. The van der Waals surface area contributed by atoms with Gasteiger partial charge in [0, 0.05) is 16.0 Å². The van der Waals surface area contributed by atoms with Crippen molar-refractivity contribution < 1.29 is 9.53 Å². The van der Waals surface area contributed by atoms with Gasteiger partial charge in [-0.05, 0) is 46.9 Å². The maximum atomic E-state index is 12.1. The predicted octanol–water partition coefficient (Wildman–Crippen LogP) is 5.65. The van der Waals surface area contributed by atoms with Crippen molar-refractivity contribution >= 4 is 22.0 Å². The van der Waals surface area contributed by atoms with Crippen LogP contribution in [0.5, 0.6) is 0 Å². The fraction of sp³-hybridized carbons (Fsp3) is 0.160. The Morgan fingerprint density at radius 2 is 1.69 bits per heavy atom. The van der Waals surface area contributed by atoms with E-state index >= 15 is 0 Å². The molecule has 3 aromatic carbocycles. The van der Waals surface area contributed by atoms with Gasteiger partial charge in [0.2, 0.25) is 0 Å². The van der Waals surface area contributed by atoms with Gasteiger partial charge in [-0.3, -0.25) is 0 Å². The van der Waals surface area contributed by atoms with Crippen molar-refractivity contribution in [2.75, 3.05) is 13.2 Å². The molecular formula is C25H20BrNO2. The van der Waals surface area contributed by atoms with E-state index in [0.29, 0.717) is 6.61 Å². The number of carbonyl (C=O) groups is 1. The molecule has 4 heteroatoms. The third kappa shape index (κ3) is 4.21. The second-order valence-electron chi connectivity index (χ2n) is 6.94. The van der Waals surface area contributed by atoms with Gasteiger partial charge in [0.05, 0.1) is 6.54 Å². The molecule has 0 spiro atoms. The summed E-state index contributed by atoms with van der Waals surface area (Å²) >= 11 is 3.45. The molecule has 0 unspecified atom stereocenters. The molecule has 1 amide bonds. The van der Waals surface area contributed by atoms with Gasteiger partial charge in [-0.1, -0.05) is 82.4 Å². The molecular weight excluding hydrogens is 426 g/mol. The zero-order chi connectivity index (χ0) is 20.2. The van der Waals surface area contributed by atoms with E-state index < -0.39 is 6.09 Å². The maximum absolute atomic E-state index is 12.1. The van der Waals surface area contributed by atoms with Gasteiger partial charge >= 0.3 is 6.09 Å². The van der Waals surface area contributed by atoms with Crippen molar-refractivity contribution in [3.05, 3.63) is 93.5 Å². The van der Waals surface area contributed by atoms with Gasteiger partial charge in [0.1, 0.15) is 6.61 Å². The number of ether oxygens (including phenoxy) is 1. The van der Waals surface area contributed by atoms with Crippen molar-refractivity contribution in [3.63, 3.8) is 0 Å². The molecule has 1 aliphatic carbocycles. The summed E-state index contributed by atoms with van der Waals surface area (Å²) in [4.78, 5) is 12.1. The summed E-state index contributed by atoms with van der Waals surface area (Å²) < 4.78 is 6.49. The Labute approximate surface area is 179 Å². The summed E-state index contributed by atoms with van der Waals surface area (Å²) in [5.74, 6) is 6.12. The lowest BCUT2D eigenvalue weighted by Crippen LogP contribution is -2.26. The van der Waals surface area contributed by atoms with E-state index in [2.05, 4.69) is 57.4 Å². The third-order valence-electron chi connectivity index (χ3n) is 5.09. The summed E-state index contributed by atoms with van der Waals surface area (Å²) in [6.07, 6.45) is -0.452. The van der Waals surface area contributed by atoms with Crippen LogP contribution in [0.1, 0.15) is 28.2 Å². The minimum Gasteiger partial charge on any atom is -0.449 e. The first kappa shape index (κ1) is 19.3. The van der Waals surface area contributed by atoms with E-state index in [4.69, 9.17) is 4.74 Å². The fourth-order valence-corrected chi connectivity index (χ4v) is 4.00. The Bertz CT molecular complexity index is 1080. The van der Waals surface area contributed by atoms with E-state index in [1.165, 1.54) is 22.3 Å². The monoisotopic (exact) mass is 445 g/mol. The van der Waals surface area contributed by atoms with Crippen molar-refractivity contribution in [2.24, 2.45) is 0 Å². The molecule has 4 rings (SSSR count). The molecule has 0 atom stereocenters. The normalized spacial score (nSPS) is 11.8. The van der Waals surface area contributed by atoms with Gasteiger partial charge in [-0.2, -0.15) is 0 Å². The molecule has 1 N–H and O–H groups in total. The molecule has 0 radical (unpaired) electrons. The Balaban J connectivity index is 1.36. The molecule has 29 heavy (non-hydrogen) atoms. The highest BCUT2D eigenvalue weighted by Gasteiger charge is 2.28. The summed E-state index contributed by atoms with van der Waals surface area (Å²) in [7, 11) is 0. The van der Waals surface area contributed by atoms with Gasteiger partial charge in [-0.15, -0.1) is 0 Å². The number of rotatable bonds is 3. The molecule has 0 aliphatic heterocycles. The SMILES string of the molecule is Cc1ccc(Br)cc1C#CCNC(=O)OCC1c2ccccc2-c2ccccc21. The lowest BCUT2D eigenvalue weighted by atomic mass is 9.98.